The van der Waals surface area contributed by atoms with Crippen molar-refractivity contribution < 1.29 is 28.2 Å². The quantitative estimate of drug-likeness (QED) is 0.661. The van der Waals surface area contributed by atoms with Gasteiger partial charge in [-0.3, -0.25) is 4.79 Å². The largest absolute Gasteiger partial charge is 0.505 e. The molecule has 0 saturated carbocycles. The van der Waals surface area contributed by atoms with E-state index in [4.69, 9.17) is 0 Å². The second kappa shape index (κ2) is 6.75. The van der Waals surface area contributed by atoms with E-state index in [1.165, 1.54) is 19.1 Å². The lowest BCUT2D eigenvalue weighted by atomic mass is 9.83. The fraction of sp³-hybridized carbons (Fsp3) is 0.350. The average Bonchev–Trinajstić information content (AvgIpc) is 3.02. The number of alkyl halides is 3. The van der Waals surface area contributed by atoms with Crippen LogP contribution in [0.5, 0.6) is 5.75 Å². The summed E-state index contributed by atoms with van der Waals surface area (Å²) in [7, 11) is 0. The monoisotopic (exact) mass is 407 g/mol. The molecular weight excluding hydrogens is 387 g/mol. The molecule has 1 aromatic heterocycles. The highest BCUT2D eigenvalue weighted by atomic mass is 19.4. The molecule has 0 radical (unpaired) electrons. The summed E-state index contributed by atoms with van der Waals surface area (Å²) in [6.07, 6.45) is -4.52. The van der Waals surface area contributed by atoms with Crippen LogP contribution in [0.2, 0.25) is 0 Å². The molecule has 0 amide bonds. The molecule has 1 unspecified atom stereocenters. The van der Waals surface area contributed by atoms with Crippen molar-refractivity contribution in [2.45, 2.75) is 45.2 Å². The highest BCUT2D eigenvalue weighted by Crippen LogP contribution is 2.38. The van der Waals surface area contributed by atoms with E-state index in [2.05, 4.69) is 10.2 Å². The first-order chi connectivity index (χ1) is 13.3. The van der Waals surface area contributed by atoms with Crippen LogP contribution < -0.4 is 0 Å². The number of aromatic nitrogens is 3. The number of benzene rings is 2. The lowest BCUT2D eigenvalue weighted by Crippen LogP contribution is -2.16. The summed E-state index contributed by atoms with van der Waals surface area (Å²) < 4.78 is 38.9. The number of carbonyl (C=O) groups is 1. The Kier molecular flexibility index (Phi) is 4.80. The van der Waals surface area contributed by atoms with Crippen LogP contribution in [0.25, 0.3) is 16.7 Å². The van der Waals surface area contributed by atoms with Crippen molar-refractivity contribution in [1.29, 1.82) is 0 Å². The van der Waals surface area contributed by atoms with Gasteiger partial charge in [-0.05, 0) is 42.2 Å². The minimum Gasteiger partial charge on any atom is -0.505 e. The molecule has 29 heavy (non-hydrogen) atoms. The van der Waals surface area contributed by atoms with Crippen LogP contribution in [0.3, 0.4) is 0 Å². The first-order valence-corrected chi connectivity index (χ1v) is 8.84. The molecule has 0 aliphatic carbocycles. The lowest BCUT2D eigenvalue weighted by Gasteiger charge is -2.23. The number of rotatable bonds is 3. The third-order valence-electron chi connectivity index (χ3n) is 4.71. The van der Waals surface area contributed by atoms with Gasteiger partial charge in [0.25, 0.3) is 0 Å². The third kappa shape index (κ3) is 3.90. The maximum Gasteiger partial charge on any atom is 0.416 e. The van der Waals surface area contributed by atoms with Gasteiger partial charge in [-0.25, -0.2) is 0 Å². The average molecular weight is 407 g/mol. The number of phenolic OH excluding ortho intramolecular Hbond substituents is 1. The normalized spacial score (nSPS) is 13.6. The summed E-state index contributed by atoms with van der Waals surface area (Å²) >= 11 is 0. The zero-order chi connectivity index (χ0) is 21.7. The van der Waals surface area contributed by atoms with Gasteiger partial charge < -0.3 is 10.2 Å². The molecule has 1 heterocycles. The van der Waals surface area contributed by atoms with E-state index >= 15 is 0 Å². The van der Waals surface area contributed by atoms with Gasteiger partial charge in [0.1, 0.15) is 22.5 Å². The van der Waals surface area contributed by atoms with Gasteiger partial charge in [0.05, 0.1) is 11.5 Å². The first kappa shape index (κ1) is 20.6. The van der Waals surface area contributed by atoms with Crippen LogP contribution in [-0.2, 0) is 16.4 Å². The van der Waals surface area contributed by atoms with Crippen LogP contribution in [-0.4, -0.2) is 31.2 Å². The number of aliphatic carboxylic acids is 1. The second-order valence-electron chi connectivity index (χ2n) is 7.94. The summed E-state index contributed by atoms with van der Waals surface area (Å²) in [5.74, 6) is -2.07. The summed E-state index contributed by atoms with van der Waals surface area (Å²) in [6, 6.07) is 6.04. The fourth-order valence-corrected chi connectivity index (χ4v) is 2.96. The highest BCUT2D eigenvalue weighted by Gasteiger charge is 2.31. The number of carboxylic acids is 1. The van der Waals surface area contributed by atoms with Gasteiger partial charge >= 0.3 is 12.1 Å². The number of hydrogen-bond donors (Lipinski definition) is 2. The Morgan fingerprint density at radius 2 is 1.69 bits per heavy atom. The van der Waals surface area contributed by atoms with Crippen molar-refractivity contribution in [1.82, 2.24) is 15.0 Å². The molecule has 0 aliphatic heterocycles. The van der Waals surface area contributed by atoms with E-state index in [0.717, 1.165) is 16.9 Å². The molecule has 2 aromatic carbocycles. The molecule has 0 aliphatic rings. The van der Waals surface area contributed by atoms with Gasteiger partial charge in [0.2, 0.25) is 0 Å². The van der Waals surface area contributed by atoms with E-state index in [0.29, 0.717) is 11.1 Å². The Hall–Kier alpha value is -3.10. The molecule has 3 rings (SSSR count). The van der Waals surface area contributed by atoms with Gasteiger partial charge in [-0.1, -0.05) is 26.8 Å². The number of nitrogens with zero attached hydrogens (tertiary/aromatic N) is 3. The minimum atomic E-state index is -4.52. The molecule has 154 valence electrons. The smallest absolute Gasteiger partial charge is 0.416 e. The van der Waals surface area contributed by atoms with Crippen molar-refractivity contribution in [2.75, 3.05) is 0 Å². The number of halogens is 3. The summed E-state index contributed by atoms with van der Waals surface area (Å²) in [4.78, 5) is 12.5. The predicted molar refractivity (Wildman–Crippen MR) is 100 cm³/mol. The molecule has 1 atom stereocenters. The molecule has 6 nitrogen and oxygen atoms in total. The zero-order valence-electron chi connectivity index (χ0n) is 16.2. The Balaban J connectivity index is 2.24. The second-order valence-corrected chi connectivity index (χ2v) is 7.94. The molecule has 2 N–H and O–H groups in total. The van der Waals surface area contributed by atoms with E-state index < -0.39 is 29.0 Å². The zero-order valence-corrected chi connectivity index (χ0v) is 16.2. The fourth-order valence-electron chi connectivity index (χ4n) is 2.96. The lowest BCUT2D eigenvalue weighted by molar-refractivity contribution is -0.138. The van der Waals surface area contributed by atoms with Gasteiger partial charge in [-0.2, -0.15) is 13.2 Å². The summed E-state index contributed by atoms with van der Waals surface area (Å²) in [5.41, 5.74) is -0.152. The third-order valence-corrected chi connectivity index (χ3v) is 4.71. The van der Waals surface area contributed by atoms with Crippen molar-refractivity contribution in [2.24, 2.45) is 0 Å². The van der Waals surface area contributed by atoms with E-state index in [9.17, 15) is 28.2 Å². The molecule has 0 spiro atoms. The Labute approximate surface area is 164 Å². The number of hydrogen-bond acceptors (Lipinski definition) is 4. The number of fused-ring (bicyclic) bond motifs is 1. The predicted octanol–water partition coefficient (Wildman–Crippen LogP) is 4.63. The maximum absolute atomic E-state index is 13.0. The Morgan fingerprint density at radius 3 is 2.24 bits per heavy atom. The van der Waals surface area contributed by atoms with Crippen LogP contribution in [0.15, 0.2) is 30.3 Å². The molecule has 0 bridgehead atoms. The minimum absolute atomic E-state index is 0.00761. The van der Waals surface area contributed by atoms with Crippen molar-refractivity contribution in [3.05, 3.63) is 47.0 Å². The van der Waals surface area contributed by atoms with Crippen LogP contribution in [0.1, 0.15) is 50.3 Å². The highest BCUT2D eigenvalue weighted by molar-refractivity contribution is 5.77. The summed E-state index contributed by atoms with van der Waals surface area (Å²) in [6.45, 7) is 7.06. The van der Waals surface area contributed by atoms with Crippen molar-refractivity contribution in [3.63, 3.8) is 0 Å². The Bertz CT molecular complexity index is 1100. The maximum atomic E-state index is 13.0. The SMILES string of the molecule is CC(C(=O)O)c1cc(-n2nc3ccc(C(F)(F)F)cc3n2)c(O)c(C(C)(C)C)c1. The Morgan fingerprint density at radius 1 is 1.07 bits per heavy atom. The molecule has 3 aromatic rings. The summed E-state index contributed by atoms with van der Waals surface area (Å²) in [5, 5.41) is 28.4. The molecular formula is C20H20F3N3O3. The molecule has 0 saturated heterocycles. The van der Waals surface area contributed by atoms with Gasteiger partial charge in [0.15, 0.2) is 0 Å². The molecule has 9 heteroatoms. The van der Waals surface area contributed by atoms with Crippen molar-refractivity contribution in [3.8, 4) is 11.4 Å². The van der Waals surface area contributed by atoms with Crippen LogP contribution >= 0.6 is 0 Å². The molecule has 0 fully saturated rings. The van der Waals surface area contributed by atoms with E-state index in [1.54, 1.807) is 6.07 Å². The number of phenols is 1. The first-order valence-electron chi connectivity index (χ1n) is 8.84. The van der Waals surface area contributed by atoms with Gasteiger partial charge in [-0.15, -0.1) is 15.0 Å². The van der Waals surface area contributed by atoms with E-state index in [-0.39, 0.29) is 22.5 Å². The van der Waals surface area contributed by atoms with Gasteiger partial charge in [0, 0.05) is 5.56 Å². The van der Waals surface area contributed by atoms with Crippen molar-refractivity contribution >= 4 is 17.0 Å². The standard InChI is InChI=1S/C20H20F3N3O3/c1-10(18(28)29)11-7-13(19(2,3)4)17(27)16(8-11)26-24-14-6-5-12(20(21,22)23)9-15(14)25-26/h5-10,27H,1-4H3,(H,28,29). The number of carboxylic acid groups (broad SMARTS) is 1. The number of aromatic hydroxyl groups is 1. The van der Waals surface area contributed by atoms with Crippen LogP contribution in [0.4, 0.5) is 13.2 Å². The van der Waals surface area contributed by atoms with E-state index in [1.807, 2.05) is 20.8 Å². The van der Waals surface area contributed by atoms with Crippen LogP contribution in [0, 0.1) is 0 Å². The topological polar surface area (TPSA) is 88.2 Å².